The van der Waals surface area contributed by atoms with Crippen molar-refractivity contribution >= 4 is 46.2 Å². The molecule has 0 amide bonds. The fourth-order valence-electron chi connectivity index (χ4n) is 2.28. The molecule has 3 aromatic rings. The average Bonchev–Trinajstić information content (AvgIpc) is 3.07. The number of ether oxygens (including phenoxy) is 1. The number of nitrogens with zero attached hydrogens (tertiary/aromatic N) is 1. The first kappa shape index (κ1) is 17.7. The van der Waals surface area contributed by atoms with E-state index in [9.17, 15) is 9.59 Å². The number of rotatable bonds is 6. The molecule has 0 aliphatic heterocycles. The van der Waals surface area contributed by atoms with Crippen LogP contribution in [0.15, 0.2) is 53.1 Å². The summed E-state index contributed by atoms with van der Waals surface area (Å²) >= 11 is 6.03. The number of oxazole rings is 1. The Kier molecular flexibility index (Phi) is 5.34. The molecule has 0 bridgehead atoms. The van der Waals surface area contributed by atoms with Crippen LogP contribution in [0.4, 0.5) is 5.69 Å². The van der Waals surface area contributed by atoms with E-state index in [0.29, 0.717) is 23.1 Å². The predicted molar refractivity (Wildman–Crippen MR) is 99.1 cm³/mol. The topological polar surface area (TPSA) is 81.4 Å². The molecular weight excluding hydrogens is 356 g/mol. The second kappa shape index (κ2) is 7.84. The molecule has 1 heterocycles. The van der Waals surface area contributed by atoms with Crippen LogP contribution < -0.4 is 5.32 Å². The van der Waals surface area contributed by atoms with E-state index in [-0.39, 0.29) is 28.7 Å². The van der Waals surface area contributed by atoms with Gasteiger partial charge in [-0.3, -0.25) is 4.79 Å². The number of anilines is 1. The Bertz CT molecular complexity index is 961. The van der Waals surface area contributed by atoms with Crippen LogP contribution in [0, 0.1) is 0 Å². The van der Waals surface area contributed by atoms with Crippen molar-refractivity contribution in [3.63, 3.8) is 0 Å². The zero-order valence-corrected chi connectivity index (χ0v) is 14.6. The summed E-state index contributed by atoms with van der Waals surface area (Å²) in [7, 11) is 0. The number of allylic oxidation sites excluding steroid dienone is 1. The molecule has 7 heteroatoms. The Morgan fingerprint density at radius 3 is 2.85 bits per heavy atom. The summed E-state index contributed by atoms with van der Waals surface area (Å²) in [5.74, 6) is -0.312. The Balaban J connectivity index is 1.86. The lowest BCUT2D eigenvalue weighted by Crippen LogP contribution is -2.06. The first-order valence-electron chi connectivity index (χ1n) is 7.87. The minimum Gasteiger partial charge on any atom is -0.462 e. The number of benzene rings is 2. The number of para-hydroxylation sites is 2. The number of halogens is 1. The van der Waals surface area contributed by atoms with Crippen LogP contribution in [0.1, 0.15) is 23.2 Å². The highest BCUT2D eigenvalue weighted by molar-refractivity contribution is 6.33. The molecule has 26 heavy (non-hydrogen) atoms. The van der Waals surface area contributed by atoms with Crippen LogP contribution in [0.2, 0.25) is 5.02 Å². The average molecular weight is 371 g/mol. The summed E-state index contributed by atoms with van der Waals surface area (Å²) in [6.45, 7) is 1.97. The van der Waals surface area contributed by atoms with Crippen molar-refractivity contribution in [2.24, 2.45) is 0 Å². The van der Waals surface area contributed by atoms with E-state index in [1.165, 1.54) is 6.20 Å². The molecule has 3 rings (SSSR count). The van der Waals surface area contributed by atoms with Gasteiger partial charge in [-0.25, -0.2) is 9.78 Å². The predicted octanol–water partition coefficient (Wildman–Crippen LogP) is 4.31. The summed E-state index contributed by atoms with van der Waals surface area (Å²) in [5, 5.41) is 3.23. The number of aromatic nitrogens is 1. The van der Waals surface area contributed by atoms with Crippen molar-refractivity contribution in [3.8, 4) is 0 Å². The molecule has 0 atom stereocenters. The van der Waals surface area contributed by atoms with Gasteiger partial charge in [-0.1, -0.05) is 23.7 Å². The maximum absolute atomic E-state index is 11.9. The van der Waals surface area contributed by atoms with Gasteiger partial charge in [0.25, 0.3) is 0 Å². The summed E-state index contributed by atoms with van der Waals surface area (Å²) in [6, 6.07) is 12.0. The van der Waals surface area contributed by atoms with E-state index in [1.807, 2.05) is 12.1 Å². The molecule has 6 nitrogen and oxygen atoms in total. The molecule has 0 saturated carbocycles. The third kappa shape index (κ3) is 3.75. The highest BCUT2D eigenvalue weighted by atomic mass is 35.5. The minimum absolute atomic E-state index is 0.202. The number of aldehydes is 1. The van der Waals surface area contributed by atoms with Crippen molar-refractivity contribution in [3.05, 3.63) is 65.1 Å². The second-order valence-corrected chi connectivity index (χ2v) is 5.67. The molecule has 0 spiro atoms. The van der Waals surface area contributed by atoms with Crippen LogP contribution >= 0.6 is 11.6 Å². The van der Waals surface area contributed by atoms with Gasteiger partial charge < -0.3 is 14.5 Å². The molecule has 1 aromatic heterocycles. The molecule has 0 saturated heterocycles. The number of hydrogen-bond acceptors (Lipinski definition) is 6. The molecule has 0 aliphatic rings. The largest absolute Gasteiger partial charge is 0.462 e. The van der Waals surface area contributed by atoms with Crippen molar-refractivity contribution in [1.82, 2.24) is 4.98 Å². The Hall–Kier alpha value is -3.12. The molecule has 0 unspecified atom stereocenters. The van der Waals surface area contributed by atoms with Gasteiger partial charge >= 0.3 is 5.97 Å². The first-order valence-corrected chi connectivity index (χ1v) is 8.24. The fourth-order valence-corrected chi connectivity index (χ4v) is 2.48. The number of fused-ring (bicyclic) bond motifs is 1. The third-order valence-electron chi connectivity index (χ3n) is 3.52. The van der Waals surface area contributed by atoms with Crippen molar-refractivity contribution in [1.29, 1.82) is 0 Å². The second-order valence-electron chi connectivity index (χ2n) is 5.26. The van der Waals surface area contributed by atoms with Crippen LogP contribution in [0.25, 0.3) is 16.7 Å². The lowest BCUT2D eigenvalue weighted by molar-refractivity contribution is -0.103. The van der Waals surface area contributed by atoms with Crippen molar-refractivity contribution in [2.75, 3.05) is 11.9 Å². The zero-order valence-electron chi connectivity index (χ0n) is 13.9. The molecule has 0 fully saturated rings. The molecule has 2 aromatic carbocycles. The zero-order chi connectivity index (χ0) is 18.5. The monoisotopic (exact) mass is 370 g/mol. The van der Waals surface area contributed by atoms with Crippen LogP contribution in [-0.4, -0.2) is 23.8 Å². The third-order valence-corrected chi connectivity index (χ3v) is 3.85. The van der Waals surface area contributed by atoms with Crippen molar-refractivity contribution < 1.29 is 18.7 Å². The quantitative estimate of drug-likeness (QED) is 0.395. The van der Waals surface area contributed by atoms with Crippen LogP contribution in [0.5, 0.6) is 0 Å². The number of esters is 1. The number of carbonyl (C=O) groups excluding carboxylic acids is 2. The maximum Gasteiger partial charge on any atom is 0.339 e. The van der Waals surface area contributed by atoms with E-state index in [0.717, 1.165) is 0 Å². The van der Waals surface area contributed by atoms with E-state index in [2.05, 4.69) is 10.3 Å². The summed E-state index contributed by atoms with van der Waals surface area (Å²) in [5.41, 5.74) is 2.28. The Morgan fingerprint density at radius 1 is 1.31 bits per heavy atom. The number of carbonyl (C=O) groups is 2. The highest BCUT2D eigenvalue weighted by Gasteiger charge is 2.13. The molecule has 0 aliphatic carbocycles. The van der Waals surface area contributed by atoms with Gasteiger partial charge in [-0.15, -0.1) is 0 Å². The maximum atomic E-state index is 11.9. The van der Waals surface area contributed by atoms with Gasteiger partial charge in [0.2, 0.25) is 5.89 Å². The normalized spacial score (nSPS) is 11.4. The van der Waals surface area contributed by atoms with Gasteiger partial charge in [-0.2, -0.15) is 0 Å². The number of nitrogens with one attached hydrogen (secondary N) is 1. The Morgan fingerprint density at radius 2 is 2.12 bits per heavy atom. The first-order chi connectivity index (χ1) is 12.6. The van der Waals surface area contributed by atoms with Gasteiger partial charge in [0.15, 0.2) is 11.9 Å². The minimum atomic E-state index is -0.514. The SMILES string of the molecule is CCOC(=O)c1cc(N/C=C(\C=O)c2nc3ccccc3o2)ccc1Cl. The molecule has 1 N–H and O–H groups in total. The summed E-state index contributed by atoms with van der Waals surface area (Å²) in [4.78, 5) is 27.6. The smallest absolute Gasteiger partial charge is 0.339 e. The standard InChI is InChI=1S/C19H15ClN2O4/c1-2-25-19(24)14-9-13(7-8-15(14)20)21-10-12(11-23)18-22-16-5-3-4-6-17(16)26-18/h3-11,21H,2H2,1H3/b12-10+. The highest BCUT2D eigenvalue weighted by Crippen LogP contribution is 2.23. The van der Waals surface area contributed by atoms with E-state index in [1.54, 1.807) is 37.3 Å². The molecule has 0 radical (unpaired) electrons. The lowest BCUT2D eigenvalue weighted by atomic mass is 10.2. The Labute approximate surface area is 154 Å². The summed E-state index contributed by atoms with van der Waals surface area (Å²) < 4.78 is 10.5. The van der Waals surface area contributed by atoms with E-state index < -0.39 is 5.97 Å². The number of hydrogen-bond donors (Lipinski definition) is 1. The molecular formula is C19H15ClN2O4. The van der Waals surface area contributed by atoms with Gasteiger partial charge in [0.05, 0.1) is 22.8 Å². The van der Waals surface area contributed by atoms with Crippen LogP contribution in [-0.2, 0) is 9.53 Å². The van der Waals surface area contributed by atoms with E-state index in [4.69, 9.17) is 20.8 Å². The van der Waals surface area contributed by atoms with E-state index >= 15 is 0 Å². The summed E-state index contributed by atoms with van der Waals surface area (Å²) in [6.07, 6.45) is 2.09. The van der Waals surface area contributed by atoms with Crippen LogP contribution in [0.3, 0.4) is 0 Å². The fraction of sp³-hybridized carbons (Fsp3) is 0.105. The van der Waals surface area contributed by atoms with Crippen molar-refractivity contribution in [2.45, 2.75) is 6.92 Å². The van der Waals surface area contributed by atoms with Gasteiger partial charge in [-0.05, 0) is 37.3 Å². The van der Waals surface area contributed by atoms with Gasteiger partial charge in [0.1, 0.15) is 5.52 Å². The lowest BCUT2D eigenvalue weighted by Gasteiger charge is -2.07. The molecule has 132 valence electrons. The van der Waals surface area contributed by atoms with Gasteiger partial charge in [0, 0.05) is 11.9 Å².